The van der Waals surface area contributed by atoms with Gasteiger partial charge in [-0.3, -0.25) is 0 Å². The number of halogens is 3. The molecule has 136 valence electrons. The van der Waals surface area contributed by atoms with E-state index in [1.165, 1.54) is 19.3 Å². The molecule has 1 aliphatic rings. The normalized spacial score (nSPS) is 22.5. The minimum absolute atomic E-state index is 0.153. The fraction of sp³-hybridized carbons (Fsp3) is 0.750. The van der Waals surface area contributed by atoms with E-state index in [-0.39, 0.29) is 6.54 Å². The molecule has 2 rings (SSSR count). The number of nitrogens with zero attached hydrogens (tertiary/aromatic N) is 2. The second-order valence-corrected chi connectivity index (χ2v) is 7.04. The van der Waals surface area contributed by atoms with E-state index in [2.05, 4.69) is 27.5 Å². The Morgan fingerprint density at radius 2 is 2.17 bits per heavy atom. The third-order valence-corrected chi connectivity index (χ3v) is 5.09. The summed E-state index contributed by atoms with van der Waals surface area (Å²) in [6, 6.07) is 0.378. The quantitative estimate of drug-likeness (QED) is 0.610. The maximum Gasteiger partial charge on any atom is 0.434 e. The van der Waals surface area contributed by atoms with Crippen LogP contribution in [0.3, 0.4) is 0 Å². The number of guanidine groups is 1. The zero-order valence-corrected chi connectivity index (χ0v) is 14.9. The zero-order valence-electron chi connectivity index (χ0n) is 14.1. The van der Waals surface area contributed by atoms with Gasteiger partial charge in [0.1, 0.15) is 5.01 Å². The fourth-order valence-corrected chi connectivity index (χ4v) is 3.69. The molecular formula is C16H25F3N4S. The van der Waals surface area contributed by atoms with Crippen molar-refractivity contribution in [3.63, 3.8) is 0 Å². The minimum Gasteiger partial charge on any atom is -0.357 e. The first-order valence-electron chi connectivity index (χ1n) is 8.48. The van der Waals surface area contributed by atoms with Crippen molar-refractivity contribution in [3.8, 4) is 0 Å². The summed E-state index contributed by atoms with van der Waals surface area (Å²) >= 11 is 0.993. The number of aromatic nitrogens is 1. The lowest BCUT2D eigenvalue weighted by molar-refractivity contribution is -0.140. The smallest absolute Gasteiger partial charge is 0.357 e. The van der Waals surface area contributed by atoms with Crippen LogP contribution in [0, 0.1) is 5.92 Å². The van der Waals surface area contributed by atoms with Crippen LogP contribution in [0.25, 0.3) is 0 Å². The second kappa shape index (κ2) is 8.69. The molecule has 1 heterocycles. The number of hydrogen-bond acceptors (Lipinski definition) is 3. The lowest BCUT2D eigenvalue weighted by Crippen LogP contribution is -2.45. The standard InChI is InChI=1S/C16H25F3N4S/c1-3-11-6-5-7-12(8-11)22-15(20-4-2)21-9-14-23-13(10-24-14)16(17,18)19/h10-12H,3-9H2,1-2H3,(H2,20,21,22). The highest BCUT2D eigenvalue weighted by atomic mass is 32.1. The van der Waals surface area contributed by atoms with Gasteiger partial charge in [0.25, 0.3) is 0 Å². The largest absolute Gasteiger partial charge is 0.434 e. The van der Waals surface area contributed by atoms with E-state index in [0.717, 1.165) is 35.5 Å². The van der Waals surface area contributed by atoms with E-state index in [9.17, 15) is 13.2 Å². The highest BCUT2D eigenvalue weighted by Crippen LogP contribution is 2.30. The summed E-state index contributed by atoms with van der Waals surface area (Å²) in [5.41, 5.74) is -0.839. The average Bonchev–Trinajstić information content (AvgIpc) is 3.02. The van der Waals surface area contributed by atoms with Crippen LogP contribution in [0.15, 0.2) is 10.4 Å². The Balaban J connectivity index is 1.96. The molecule has 0 radical (unpaired) electrons. The molecule has 0 aliphatic heterocycles. The van der Waals surface area contributed by atoms with Gasteiger partial charge in [0.2, 0.25) is 0 Å². The minimum atomic E-state index is -4.39. The molecule has 4 nitrogen and oxygen atoms in total. The van der Waals surface area contributed by atoms with Crippen molar-refractivity contribution in [2.24, 2.45) is 10.9 Å². The zero-order chi connectivity index (χ0) is 17.6. The molecule has 2 unspecified atom stereocenters. The first kappa shape index (κ1) is 19.0. The van der Waals surface area contributed by atoms with Gasteiger partial charge in [-0.05, 0) is 25.7 Å². The molecule has 0 amide bonds. The first-order chi connectivity index (χ1) is 11.4. The SMILES string of the molecule is CCNC(=NCc1nc(C(F)(F)F)cs1)NC1CCCC(CC)C1. The number of hydrogen-bond donors (Lipinski definition) is 2. The van der Waals surface area contributed by atoms with E-state index in [4.69, 9.17) is 0 Å². The molecular weight excluding hydrogens is 337 g/mol. The molecule has 1 aliphatic carbocycles. The predicted octanol–water partition coefficient (Wildman–Crippen LogP) is 4.19. The van der Waals surface area contributed by atoms with E-state index in [0.29, 0.717) is 23.6 Å². The molecule has 1 aromatic rings. The number of aliphatic imine (C=N–C) groups is 1. The predicted molar refractivity (Wildman–Crippen MR) is 91.1 cm³/mol. The monoisotopic (exact) mass is 362 g/mol. The van der Waals surface area contributed by atoms with Crippen molar-refractivity contribution in [1.29, 1.82) is 0 Å². The van der Waals surface area contributed by atoms with Crippen LogP contribution in [-0.2, 0) is 12.7 Å². The lowest BCUT2D eigenvalue weighted by Gasteiger charge is -2.30. The molecule has 8 heteroatoms. The van der Waals surface area contributed by atoms with Crippen LogP contribution >= 0.6 is 11.3 Å². The molecule has 1 saturated carbocycles. The van der Waals surface area contributed by atoms with E-state index >= 15 is 0 Å². The Hall–Kier alpha value is -1.31. The van der Waals surface area contributed by atoms with E-state index in [1.807, 2.05) is 6.92 Å². The summed E-state index contributed by atoms with van der Waals surface area (Å²) in [6.45, 7) is 5.05. The van der Waals surface area contributed by atoms with Crippen molar-refractivity contribution in [3.05, 3.63) is 16.1 Å². The van der Waals surface area contributed by atoms with Gasteiger partial charge in [0.15, 0.2) is 11.7 Å². The van der Waals surface area contributed by atoms with E-state index in [1.54, 1.807) is 0 Å². The third-order valence-electron chi connectivity index (χ3n) is 4.26. The highest BCUT2D eigenvalue weighted by Gasteiger charge is 2.33. The maximum atomic E-state index is 12.6. The maximum absolute atomic E-state index is 12.6. The van der Waals surface area contributed by atoms with Crippen molar-refractivity contribution in [1.82, 2.24) is 15.6 Å². The van der Waals surface area contributed by atoms with Gasteiger partial charge in [0.05, 0.1) is 6.54 Å². The Morgan fingerprint density at radius 3 is 2.79 bits per heavy atom. The molecule has 1 aromatic heterocycles. The van der Waals surface area contributed by atoms with Gasteiger partial charge < -0.3 is 10.6 Å². The molecule has 24 heavy (non-hydrogen) atoms. The van der Waals surface area contributed by atoms with Crippen LogP contribution in [0.4, 0.5) is 13.2 Å². The number of rotatable bonds is 5. The van der Waals surface area contributed by atoms with Crippen LogP contribution in [0.5, 0.6) is 0 Å². The van der Waals surface area contributed by atoms with Crippen molar-refractivity contribution in [2.45, 2.75) is 64.7 Å². The molecule has 0 bridgehead atoms. The van der Waals surface area contributed by atoms with Gasteiger partial charge in [-0.15, -0.1) is 11.3 Å². The number of thiazole rings is 1. The van der Waals surface area contributed by atoms with Gasteiger partial charge in [-0.1, -0.05) is 26.2 Å². The van der Waals surface area contributed by atoms with E-state index < -0.39 is 11.9 Å². The van der Waals surface area contributed by atoms with Crippen molar-refractivity contribution in [2.75, 3.05) is 6.54 Å². The first-order valence-corrected chi connectivity index (χ1v) is 9.36. The second-order valence-electron chi connectivity index (χ2n) is 6.10. The lowest BCUT2D eigenvalue weighted by atomic mass is 9.84. The number of alkyl halides is 3. The van der Waals surface area contributed by atoms with Crippen LogP contribution in [-0.4, -0.2) is 23.5 Å². The molecule has 0 aromatic carbocycles. The van der Waals surface area contributed by atoms with Crippen molar-refractivity contribution < 1.29 is 13.2 Å². The summed E-state index contributed by atoms with van der Waals surface area (Å²) in [5.74, 6) is 1.40. The molecule has 0 saturated heterocycles. The van der Waals surface area contributed by atoms with Gasteiger partial charge in [0, 0.05) is 18.0 Å². The summed E-state index contributed by atoms with van der Waals surface area (Å²) in [4.78, 5) is 8.02. The number of nitrogens with one attached hydrogen (secondary N) is 2. The molecule has 1 fully saturated rings. The fourth-order valence-electron chi connectivity index (χ4n) is 2.97. The van der Waals surface area contributed by atoms with Gasteiger partial charge >= 0.3 is 6.18 Å². The van der Waals surface area contributed by atoms with Crippen LogP contribution < -0.4 is 10.6 Å². The molecule has 0 spiro atoms. The van der Waals surface area contributed by atoms with Crippen molar-refractivity contribution >= 4 is 17.3 Å². The van der Waals surface area contributed by atoms with Gasteiger partial charge in [-0.2, -0.15) is 13.2 Å². The Kier molecular flexibility index (Phi) is 6.89. The molecule has 2 atom stereocenters. The summed E-state index contributed by atoms with van der Waals surface area (Å²) < 4.78 is 37.8. The summed E-state index contributed by atoms with van der Waals surface area (Å²) in [6.07, 6.45) is 1.51. The molecule has 2 N–H and O–H groups in total. The van der Waals surface area contributed by atoms with Crippen LogP contribution in [0.1, 0.15) is 56.7 Å². The summed E-state index contributed by atoms with van der Waals surface area (Å²) in [7, 11) is 0. The average molecular weight is 362 g/mol. The topological polar surface area (TPSA) is 49.3 Å². The Labute approximate surface area is 145 Å². The van der Waals surface area contributed by atoms with Gasteiger partial charge in [-0.25, -0.2) is 9.98 Å². The highest BCUT2D eigenvalue weighted by molar-refractivity contribution is 7.09. The summed E-state index contributed by atoms with van der Waals surface area (Å²) in [5, 5.41) is 8.00. The Bertz CT molecular complexity index is 542. The third kappa shape index (κ3) is 5.65. The van der Waals surface area contributed by atoms with Crippen LogP contribution in [0.2, 0.25) is 0 Å². The Morgan fingerprint density at radius 1 is 1.38 bits per heavy atom.